The summed E-state index contributed by atoms with van der Waals surface area (Å²) in [5.74, 6) is 0.739. The van der Waals surface area contributed by atoms with Crippen molar-refractivity contribution in [2.75, 3.05) is 45.1 Å². The Hall–Kier alpha value is -0.910. The number of anilines is 1. The second-order valence-corrected chi connectivity index (χ2v) is 5.18. The van der Waals surface area contributed by atoms with Crippen molar-refractivity contribution in [1.82, 2.24) is 19.8 Å². The standard InChI is InChI=1S/C12H20ClN5/c1-10(18-5-3-17(2)4-6-18)7-15-12-9-14-8-11(13)16-12/h8-10H,3-7H2,1-2H3,(H,15,16). The number of aromatic nitrogens is 2. The maximum atomic E-state index is 5.80. The topological polar surface area (TPSA) is 44.3 Å². The van der Waals surface area contributed by atoms with Crippen molar-refractivity contribution in [1.29, 1.82) is 0 Å². The molecule has 18 heavy (non-hydrogen) atoms. The molecule has 6 heteroatoms. The van der Waals surface area contributed by atoms with Gasteiger partial charge < -0.3 is 10.2 Å². The summed E-state index contributed by atoms with van der Waals surface area (Å²) in [6, 6.07) is 0.486. The molecule has 1 unspecified atom stereocenters. The summed E-state index contributed by atoms with van der Waals surface area (Å²) in [5, 5.41) is 3.70. The van der Waals surface area contributed by atoms with E-state index < -0.39 is 0 Å². The van der Waals surface area contributed by atoms with Crippen LogP contribution in [0.25, 0.3) is 0 Å². The molecule has 1 aliphatic rings. The van der Waals surface area contributed by atoms with Crippen molar-refractivity contribution in [3.8, 4) is 0 Å². The highest BCUT2D eigenvalue weighted by atomic mass is 35.5. The molecular formula is C12H20ClN5. The molecule has 1 N–H and O–H groups in total. The quantitative estimate of drug-likeness (QED) is 0.889. The lowest BCUT2D eigenvalue weighted by Crippen LogP contribution is -2.49. The van der Waals surface area contributed by atoms with Crippen LogP contribution >= 0.6 is 11.6 Å². The molecule has 0 aliphatic carbocycles. The Kier molecular flexibility index (Phi) is 4.74. The summed E-state index contributed by atoms with van der Waals surface area (Å²) in [5.41, 5.74) is 0. The first kappa shape index (κ1) is 13.5. The third-order valence-electron chi connectivity index (χ3n) is 3.34. The molecule has 0 amide bonds. The molecule has 0 radical (unpaired) electrons. The van der Waals surface area contributed by atoms with Gasteiger partial charge in [0.25, 0.3) is 0 Å². The van der Waals surface area contributed by atoms with Crippen molar-refractivity contribution in [2.24, 2.45) is 0 Å². The van der Waals surface area contributed by atoms with Crippen LogP contribution < -0.4 is 5.32 Å². The predicted molar refractivity (Wildman–Crippen MR) is 74.1 cm³/mol. The molecule has 1 atom stereocenters. The van der Waals surface area contributed by atoms with Gasteiger partial charge in [0.1, 0.15) is 11.0 Å². The molecule has 0 aromatic carbocycles. The summed E-state index contributed by atoms with van der Waals surface area (Å²) in [6.07, 6.45) is 3.24. The highest BCUT2D eigenvalue weighted by molar-refractivity contribution is 6.29. The van der Waals surface area contributed by atoms with Crippen molar-refractivity contribution < 1.29 is 0 Å². The van der Waals surface area contributed by atoms with Crippen LogP contribution in [-0.4, -0.2) is 65.6 Å². The van der Waals surface area contributed by atoms with Gasteiger partial charge in [0, 0.05) is 38.8 Å². The number of hydrogen-bond donors (Lipinski definition) is 1. The van der Waals surface area contributed by atoms with E-state index in [9.17, 15) is 0 Å². The zero-order valence-electron chi connectivity index (χ0n) is 10.9. The monoisotopic (exact) mass is 269 g/mol. The molecule has 100 valence electrons. The average molecular weight is 270 g/mol. The van der Waals surface area contributed by atoms with E-state index in [1.54, 1.807) is 6.20 Å². The van der Waals surface area contributed by atoms with Crippen molar-refractivity contribution in [3.05, 3.63) is 17.5 Å². The maximum Gasteiger partial charge on any atom is 0.149 e. The minimum Gasteiger partial charge on any atom is -0.367 e. The number of piperazine rings is 1. The summed E-state index contributed by atoms with van der Waals surface area (Å²) in [4.78, 5) is 13.0. The van der Waals surface area contributed by atoms with E-state index in [1.165, 1.54) is 6.20 Å². The molecule has 2 rings (SSSR count). The fourth-order valence-electron chi connectivity index (χ4n) is 2.07. The van der Waals surface area contributed by atoms with Crippen LogP contribution in [0, 0.1) is 0 Å². The van der Waals surface area contributed by atoms with Gasteiger partial charge in [0.2, 0.25) is 0 Å². The van der Waals surface area contributed by atoms with Gasteiger partial charge in [-0.1, -0.05) is 11.6 Å². The van der Waals surface area contributed by atoms with Gasteiger partial charge in [-0.3, -0.25) is 9.88 Å². The Labute approximate surface area is 113 Å². The number of hydrogen-bond acceptors (Lipinski definition) is 5. The van der Waals surface area contributed by atoms with E-state index in [0.717, 1.165) is 38.5 Å². The van der Waals surface area contributed by atoms with Crippen LogP contribution in [0.5, 0.6) is 0 Å². The Morgan fingerprint density at radius 3 is 2.72 bits per heavy atom. The first-order valence-electron chi connectivity index (χ1n) is 6.29. The zero-order valence-corrected chi connectivity index (χ0v) is 11.7. The smallest absolute Gasteiger partial charge is 0.149 e. The second kappa shape index (κ2) is 6.31. The molecule has 0 bridgehead atoms. The molecule has 1 saturated heterocycles. The van der Waals surface area contributed by atoms with Gasteiger partial charge in [0.05, 0.1) is 12.4 Å². The van der Waals surface area contributed by atoms with Crippen LogP contribution in [0.15, 0.2) is 12.4 Å². The normalized spacial score (nSPS) is 19.7. The molecule has 1 aromatic rings. The van der Waals surface area contributed by atoms with Crippen LogP contribution in [0.2, 0.25) is 5.15 Å². The number of halogens is 1. The first-order chi connectivity index (χ1) is 8.65. The highest BCUT2D eigenvalue weighted by Gasteiger charge is 2.18. The van der Waals surface area contributed by atoms with E-state index in [4.69, 9.17) is 11.6 Å². The molecule has 2 heterocycles. The molecule has 1 aliphatic heterocycles. The van der Waals surface area contributed by atoms with E-state index in [1.807, 2.05) is 0 Å². The van der Waals surface area contributed by atoms with Crippen molar-refractivity contribution in [2.45, 2.75) is 13.0 Å². The fraction of sp³-hybridized carbons (Fsp3) is 0.667. The lowest BCUT2D eigenvalue weighted by Gasteiger charge is -2.36. The van der Waals surface area contributed by atoms with Crippen molar-refractivity contribution >= 4 is 17.4 Å². The molecule has 1 aromatic heterocycles. The van der Waals surface area contributed by atoms with E-state index in [2.05, 4.69) is 39.1 Å². The van der Waals surface area contributed by atoms with Gasteiger partial charge in [-0.25, -0.2) is 4.98 Å². The van der Waals surface area contributed by atoms with E-state index in [0.29, 0.717) is 11.2 Å². The number of nitrogens with zero attached hydrogens (tertiary/aromatic N) is 4. The minimum atomic E-state index is 0.423. The molecule has 1 fully saturated rings. The van der Waals surface area contributed by atoms with Gasteiger partial charge in [-0.05, 0) is 14.0 Å². The third kappa shape index (κ3) is 3.80. The van der Waals surface area contributed by atoms with Crippen LogP contribution in [0.4, 0.5) is 5.82 Å². The molecule has 0 spiro atoms. The first-order valence-corrected chi connectivity index (χ1v) is 6.67. The third-order valence-corrected chi connectivity index (χ3v) is 3.53. The van der Waals surface area contributed by atoms with E-state index in [-0.39, 0.29) is 0 Å². The largest absolute Gasteiger partial charge is 0.367 e. The van der Waals surface area contributed by atoms with Crippen LogP contribution in [-0.2, 0) is 0 Å². The number of likely N-dealkylation sites (N-methyl/N-ethyl adjacent to an activating group) is 1. The summed E-state index contributed by atoms with van der Waals surface area (Å²) >= 11 is 5.80. The molecule has 0 saturated carbocycles. The zero-order chi connectivity index (χ0) is 13.0. The van der Waals surface area contributed by atoms with Crippen LogP contribution in [0.1, 0.15) is 6.92 Å². The highest BCUT2D eigenvalue weighted by Crippen LogP contribution is 2.09. The van der Waals surface area contributed by atoms with Gasteiger partial charge in [-0.15, -0.1) is 0 Å². The SMILES string of the molecule is CC(CNc1cncc(Cl)n1)N1CCN(C)CC1. The van der Waals surface area contributed by atoms with Crippen LogP contribution in [0.3, 0.4) is 0 Å². The summed E-state index contributed by atoms with van der Waals surface area (Å²) in [6.45, 7) is 7.62. The molecule has 5 nitrogen and oxygen atoms in total. The van der Waals surface area contributed by atoms with Crippen molar-refractivity contribution in [3.63, 3.8) is 0 Å². The summed E-state index contributed by atoms with van der Waals surface area (Å²) < 4.78 is 0. The average Bonchev–Trinajstić information content (AvgIpc) is 2.37. The minimum absolute atomic E-state index is 0.423. The Morgan fingerprint density at radius 2 is 2.06 bits per heavy atom. The lowest BCUT2D eigenvalue weighted by atomic mass is 10.2. The Balaban J connectivity index is 1.79. The molecular weight excluding hydrogens is 250 g/mol. The van der Waals surface area contributed by atoms with Gasteiger partial charge >= 0.3 is 0 Å². The predicted octanol–water partition coefficient (Wildman–Crippen LogP) is 1.18. The van der Waals surface area contributed by atoms with E-state index >= 15 is 0 Å². The van der Waals surface area contributed by atoms with Gasteiger partial charge in [-0.2, -0.15) is 0 Å². The fourth-order valence-corrected chi connectivity index (χ4v) is 2.22. The Morgan fingerprint density at radius 1 is 1.33 bits per heavy atom. The maximum absolute atomic E-state index is 5.80. The lowest BCUT2D eigenvalue weighted by molar-refractivity contribution is 0.123. The van der Waals surface area contributed by atoms with Gasteiger partial charge in [0.15, 0.2) is 0 Å². The number of nitrogens with one attached hydrogen (secondary N) is 1. The summed E-state index contributed by atoms with van der Waals surface area (Å²) in [7, 11) is 2.17. The number of rotatable bonds is 4. The Bertz CT molecular complexity index is 378. The second-order valence-electron chi connectivity index (χ2n) is 4.80.